The normalized spacial score (nSPS) is 23.5. The number of aliphatic imine (C=N–C) groups is 1. The minimum absolute atomic E-state index is 0.459. The SMILES string of the molecule is CCNC(=NCC1Cc2ccccc2C1)N1CCC(C)C(n2ccnc2)C1. The van der Waals surface area contributed by atoms with E-state index in [2.05, 4.69) is 64.1 Å². The van der Waals surface area contributed by atoms with Crippen molar-refractivity contribution < 1.29 is 0 Å². The quantitative estimate of drug-likeness (QED) is 0.669. The first-order chi connectivity index (χ1) is 13.2. The molecule has 2 aliphatic rings. The number of likely N-dealkylation sites (tertiary alicyclic amines) is 1. The van der Waals surface area contributed by atoms with Gasteiger partial charge in [-0.3, -0.25) is 4.99 Å². The summed E-state index contributed by atoms with van der Waals surface area (Å²) in [6, 6.07) is 9.30. The van der Waals surface area contributed by atoms with Crippen LogP contribution in [-0.4, -0.2) is 46.6 Å². The van der Waals surface area contributed by atoms with Crippen molar-refractivity contribution >= 4 is 5.96 Å². The van der Waals surface area contributed by atoms with Crippen LogP contribution in [0.3, 0.4) is 0 Å². The van der Waals surface area contributed by atoms with Crippen LogP contribution in [-0.2, 0) is 12.8 Å². The second-order valence-corrected chi connectivity index (χ2v) is 8.03. The van der Waals surface area contributed by atoms with Crippen molar-refractivity contribution in [2.45, 2.75) is 39.2 Å². The molecular formula is C22H31N5. The summed E-state index contributed by atoms with van der Waals surface area (Å²) >= 11 is 0. The molecule has 2 aromatic rings. The molecule has 2 atom stereocenters. The Labute approximate surface area is 162 Å². The van der Waals surface area contributed by atoms with Gasteiger partial charge < -0.3 is 14.8 Å². The van der Waals surface area contributed by atoms with Gasteiger partial charge in [-0.25, -0.2) is 4.98 Å². The van der Waals surface area contributed by atoms with E-state index in [1.165, 1.54) is 17.5 Å². The van der Waals surface area contributed by atoms with Crippen LogP contribution in [0, 0.1) is 11.8 Å². The van der Waals surface area contributed by atoms with Gasteiger partial charge in [0.1, 0.15) is 0 Å². The summed E-state index contributed by atoms with van der Waals surface area (Å²) in [5.74, 6) is 2.36. The number of rotatable bonds is 4. The molecule has 5 nitrogen and oxygen atoms in total. The summed E-state index contributed by atoms with van der Waals surface area (Å²) in [6.07, 6.45) is 9.42. The average molecular weight is 366 g/mol. The van der Waals surface area contributed by atoms with E-state index in [0.29, 0.717) is 17.9 Å². The van der Waals surface area contributed by atoms with Crippen LogP contribution < -0.4 is 5.32 Å². The van der Waals surface area contributed by atoms with Gasteiger partial charge in [-0.1, -0.05) is 31.2 Å². The third kappa shape index (κ3) is 4.02. The molecule has 1 aliphatic carbocycles. The predicted octanol–water partition coefficient (Wildman–Crippen LogP) is 3.15. The third-order valence-corrected chi connectivity index (χ3v) is 6.10. The molecule has 0 bridgehead atoms. The topological polar surface area (TPSA) is 45.5 Å². The Morgan fingerprint density at radius 1 is 1.26 bits per heavy atom. The molecule has 144 valence electrons. The highest BCUT2D eigenvalue weighted by Gasteiger charge is 2.29. The van der Waals surface area contributed by atoms with E-state index >= 15 is 0 Å². The van der Waals surface area contributed by atoms with Gasteiger partial charge in [-0.05, 0) is 49.1 Å². The Balaban J connectivity index is 1.43. The summed E-state index contributed by atoms with van der Waals surface area (Å²) in [6.45, 7) is 8.38. The standard InChI is InChI=1S/C22H31N5/c1-3-24-22(25-14-18-12-19-6-4-5-7-20(19)13-18)26-10-8-17(2)21(15-26)27-11-9-23-16-27/h4-7,9,11,16-18,21H,3,8,10,12-15H2,1-2H3,(H,24,25). The van der Waals surface area contributed by atoms with Gasteiger partial charge in [0.25, 0.3) is 0 Å². The van der Waals surface area contributed by atoms with Gasteiger partial charge in [0.15, 0.2) is 5.96 Å². The van der Waals surface area contributed by atoms with Crippen molar-refractivity contribution in [3.63, 3.8) is 0 Å². The zero-order valence-corrected chi connectivity index (χ0v) is 16.5. The number of aromatic nitrogens is 2. The molecule has 0 amide bonds. The molecule has 0 radical (unpaired) electrons. The van der Waals surface area contributed by atoms with Gasteiger partial charge in [0.05, 0.1) is 12.4 Å². The molecule has 27 heavy (non-hydrogen) atoms. The molecule has 1 fully saturated rings. The zero-order chi connectivity index (χ0) is 18.6. The van der Waals surface area contributed by atoms with Crippen LogP contribution in [0.4, 0.5) is 0 Å². The average Bonchev–Trinajstić information content (AvgIpc) is 3.35. The van der Waals surface area contributed by atoms with Crippen LogP contribution in [0.2, 0.25) is 0 Å². The number of fused-ring (bicyclic) bond motifs is 1. The van der Waals surface area contributed by atoms with Crippen LogP contribution in [0.1, 0.15) is 37.4 Å². The summed E-state index contributed by atoms with van der Waals surface area (Å²) in [5.41, 5.74) is 3.02. The van der Waals surface area contributed by atoms with Gasteiger partial charge in [-0.15, -0.1) is 0 Å². The number of piperidine rings is 1. The van der Waals surface area contributed by atoms with Gasteiger partial charge >= 0.3 is 0 Å². The highest BCUT2D eigenvalue weighted by Crippen LogP contribution is 2.28. The predicted molar refractivity (Wildman–Crippen MR) is 110 cm³/mol. The maximum Gasteiger partial charge on any atom is 0.193 e. The lowest BCUT2D eigenvalue weighted by atomic mass is 9.93. The summed E-state index contributed by atoms with van der Waals surface area (Å²) < 4.78 is 2.26. The number of hydrogen-bond acceptors (Lipinski definition) is 2. The lowest BCUT2D eigenvalue weighted by Gasteiger charge is -2.39. The first-order valence-electron chi connectivity index (χ1n) is 10.3. The first kappa shape index (κ1) is 18.1. The number of hydrogen-bond donors (Lipinski definition) is 1. The number of guanidine groups is 1. The number of nitrogens with one attached hydrogen (secondary N) is 1. The Morgan fingerprint density at radius 2 is 2.04 bits per heavy atom. The minimum Gasteiger partial charge on any atom is -0.357 e. The van der Waals surface area contributed by atoms with Gasteiger partial charge in [0.2, 0.25) is 0 Å². The first-order valence-corrected chi connectivity index (χ1v) is 10.3. The molecule has 1 N–H and O–H groups in total. The molecule has 4 rings (SSSR count). The van der Waals surface area contributed by atoms with Crippen LogP contribution >= 0.6 is 0 Å². The Hall–Kier alpha value is -2.30. The largest absolute Gasteiger partial charge is 0.357 e. The maximum atomic E-state index is 5.05. The monoisotopic (exact) mass is 365 g/mol. The molecule has 1 saturated heterocycles. The van der Waals surface area contributed by atoms with Gasteiger partial charge in [0, 0.05) is 38.6 Å². The van der Waals surface area contributed by atoms with Crippen molar-refractivity contribution in [3.05, 3.63) is 54.1 Å². The fraction of sp³-hybridized carbons (Fsp3) is 0.545. The molecule has 1 aromatic heterocycles. The summed E-state index contributed by atoms with van der Waals surface area (Å²) in [7, 11) is 0. The van der Waals surface area contributed by atoms with E-state index in [-0.39, 0.29) is 0 Å². The van der Waals surface area contributed by atoms with E-state index < -0.39 is 0 Å². The molecule has 2 unspecified atom stereocenters. The number of benzene rings is 1. The highest BCUT2D eigenvalue weighted by molar-refractivity contribution is 5.80. The maximum absolute atomic E-state index is 5.05. The summed E-state index contributed by atoms with van der Waals surface area (Å²) in [5, 5.41) is 3.53. The van der Waals surface area contributed by atoms with Crippen molar-refractivity contribution in [1.29, 1.82) is 0 Å². The third-order valence-electron chi connectivity index (χ3n) is 6.10. The Bertz CT molecular complexity index is 742. The zero-order valence-electron chi connectivity index (χ0n) is 16.5. The molecule has 1 aliphatic heterocycles. The summed E-state index contributed by atoms with van der Waals surface area (Å²) in [4.78, 5) is 11.7. The van der Waals surface area contributed by atoms with Crippen molar-refractivity contribution in [1.82, 2.24) is 19.8 Å². The molecule has 5 heteroatoms. The van der Waals surface area contributed by atoms with E-state index in [4.69, 9.17) is 4.99 Å². The van der Waals surface area contributed by atoms with E-state index in [1.807, 2.05) is 12.5 Å². The second kappa shape index (κ2) is 8.15. The van der Waals surface area contributed by atoms with E-state index in [1.54, 1.807) is 0 Å². The molecule has 0 saturated carbocycles. The molecule has 0 spiro atoms. The fourth-order valence-corrected chi connectivity index (χ4v) is 4.52. The Morgan fingerprint density at radius 3 is 2.70 bits per heavy atom. The van der Waals surface area contributed by atoms with Crippen molar-refractivity contribution in [2.75, 3.05) is 26.2 Å². The molecular weight excluding hydrogens is 334 g/mol. The van der Waals surface area contributed by atoms with Gasteiger partial charge in [-0.2, -0.15) is 0 Å². The van der Waals surface area contributed by atoms with E-state index in [9.17, 15) is 0 Å². The van der Waals surface area contributed by atoms with Crippen molar-refractivity contribution in [2.24, 2.45) is 16.8 Å². The van der Waals surface area contributed by atoms with Crippen LogP contribution in [0.15, 0.2) is 48.0 Å². The molecule has 1 aromatic carbocycles. The second-order valence-electron chi connectivity index (χ2n) is 8.03. The Kier molecular flexibility index (Phi) is 5.46. The minimum atomic E-state index is 0.459. The smallest absolute Gasteiger partial charge is 0.193 e. The van der Waals surface area contributed by atoms with E-state index in [0.717, 1.165) is 45.0 Å². The lowest BCUT2D eigenvalue weighted by Crippen LogP contribution is -2.49. The van der Waals surface area contributed by atoms with Crippen LogP contribution in [0.25, 0.3) is 0 Å². The van der Waals surface area contributed by atoms with Crippen molar-refractivity contribution in [3.8, 4) is 0 Å². The van der Waals surface area contributed by atoms with Crippen LogP contribution in [0.5, 0.6) is 0 Å². The number of imidazole rings is 1. The highest BCUT2D eigenvalue weighted by atomic mass is 15.3. The number of nitrogens with zero attached hydrogens (tertiary/aromatic N) is 4. The lowest BCUT2D eigenvalue weighted by molar-refractivity contribution is 0.189. The fourth-order valence-electron chi connectivity index (χ4n) is 4.52. The molecule has 2 heterocycles.